The lowest BCUT2D eigenvalue weighted by molar-refractivity contribution is 0.0730. The molecule has 1 aliphatic heterocycles. The lowest BCUT2D eigenvalue weighted by atomic mass is 10.2. The summed E-state index contributed by atoms with van der Waals surface area (Å²) in [5.74, 6) is 1.34. The molecule has 0 amide bonds. The number of aromatic amines is 1. The van der Waals surface area contributed by atoms with Crippen molar-refractivity contribution in [3.05, 3.63) is 47.3 Å². The Morgan fingerprint density at radius 1 is 1.22 bits per heavy atom. The highest BCUT2D eigenvalue weighted by molar-refractivity contribution is 7.98. The van der Waals surface area contributed by atoms with E-state index in [4.69, 9.17) is 4.74 Å². The van der Waals surface area contributed by atoms with Gasteiger partial charge in [-0.15, -0.1) is 16.4 Å². The number of nitrogens with one attached hydrogen (secondary N) is 1. The Kier molecular flexibility index (Phi) is 5.60. The van der Waals surface area contributed by atoms with Crippen molar-refractivity contribution in [2.24, 2.45) is 0 Å². The number of hydrogen-bond acceptors (Lipinski definition) is 7. The first-order chi connectivity index (χ1) is 13.1. The first-order valence-corrected chi connectivity index (χ1v) is 11.7. The Bertz CT molecular complexity index is 996. The van der Waals surface area contributed by atoms with E-state index in [2.05, 4.69) is 15.2 Å². The van der Waals surface area contributed by atoms with Crippen LogP contribution in [0.2, 0.25) is 0 Å². The third-order valence-corrected chi connectivity index (χ3v) is 7.78. The number of morpholine rings is 1. The summed E-state index contributed by atoms with van der Waals surface area (Å²) in [7, 11) is -3.48. The van der Waals surface area contributed by atoms with Crippen molar-refractivity contribution in [1.82, 2.24) is 19.5 Å². The number of H-pyrrole nitrogens is 1. The molecule has 2 aromatic heterocycles. The normalized spacial score (nSPS) is 15.9. The highest BCUT2D eigenvalue weighted by atomic mass is 32.2. The number of thioether (sulfide) groups is 1. The lowest BCUT2D eigenvalue weighted by Gasteiger charge is -2.26. The van der Waals surface area contributed by atoms with Gasteiger partial charge < -0.3 is 4.74 Å². The minimum atomic E-state index is -3.48. The number of thiophene rings is 1. The number of hydrogen-bond donors (Lipinski definition) is 1. The van der Waals surface area contributed by atoms with Crippen LogP contribution >= 0.6 is 23.1 Å². The molecule has 0 radical (unpaired) electrons. The van der Waals surface area contributed by atoms with Gasteiger partial charge in [0, 0.05) is 18.8 Å². The Hall–Kier alpha value is -1.72. The molecule has 0 spiro atoms. The van der Waals surface area contributed by atoms with Crippen molar-refractivity contribution in [2.45, 2.75) is 15.8 Å². The van der Waals surface area contributed by atoms with Crippen LogP contribution in [-0.4, -0.2) is 54.2 Å². The molecule has 0 unspecified atom stereocenters. The predicted octanol–water partition coefficient (Wildman–Crippen LogP) is 2.85. The van der Waals surface area contributed by atoms with Crippen LogP contribution in [-0.2, 0) is 20.5 Å². The number of ether oxygens (including phenoxy) is 1. The first-order valence-electron chi connectivity index (χ1n) is 8.39. The molecule has 10 heteroatoms. The van der Waals surface area contributed by atoms with Crippen molar-refractivity contribution < 1.29 is 13.2 Å². The molecule has 1 saturated heterocycles. The lowest BCUT2D eigenvalue weighted by Crippen LogP contribution is -2.40. The zero-order chi connectivity index (χ0) is 18.7. The fourth-order valence-corrected chi connectivity index (χ4v) is 5.60. The van der Waals surface area contributed by atoms with Crippen LogP contribution in [0, 0.1) is 0 Å². The van der Waals surface area contributed by atoms with E-state index in [1.165, 1.54) is 16.1 Å². The summed E-state index contributed by atoms with van der Waals surface area (Å²) in [6.07, 6.45) is 0. The third-order valence-electron chi connectivity index (χ3n) is 4.09. The van der Waals surface area contributed by atoms with E-state index >= 15 is 0 Å². The van der Waals surface area contributed by atoms with E-state index in [1.807, 2.05) is 23.6 Å². The van der Waals surface area contributed by atoms with Crippen LogP contribution in [0.15, 0.2) is 51.8 Å². The molecule has 1 fully saturated rings. The van der Waals surface area contributed by atoms with Gasteiger partial charge in [-0.05, 0) is 29.1 Å². The quantitative estimate of drug-likeness (QED) is 0.615. The summed E-state index contributed by atoms with van der Waals surface area (Å²) in [6.45, 7) is 1.66. The number of benzene rings is 1. The highest BCUT2D eigenvalue weighted by Gasteiger charge is 2.26. The molecule has 0 saturated carbocycles. The summed E-state index contributed by atoms with van der Waals surface area (Å²) < 4.78 is 32.3. The molecule has 4 rings (SSSR count). The standard InChI is InChI=1S/C17H18N4O3S3/c22-27(23,21-6-8-24-9-7-21)14-4-1-3-13(11-14)12-26-17-18-16(19-20-17)15-5-2-10-25-15/h1-5,10-11H,6-9,12H2,(H,18,19,20). The topological polar surface area (TPSA) is 88.2 Å². The van der Waals surface area contributed by atoms with Gasteiger partial charge in [0.2, 0.25) is 15.2 Å². The van der Waals surface area contributed by atoms with Crippen molar-refractivity contribution in [3.8, 4) is 10.7 Å². The van der Waals surface area contributed by atoms with Gasteiger partial charge in [-0.25, -0.2) is 13.4 Å². The van der Waals surface area contributed by atoms with Gasteiger partial charge >= 0.3 is 0 Å². The van der Waals surface area contributed by atoms with Crippen molar-refractivity contribution in [2.75, 3.05) is 26.3 Å². The minimum absolute atomic E-state index is 0.316. The van der Waals surface area contributed by atoms with Crippen LogP contribution in [0.3, 0.4) is 0 Å². The van der Waals surface area contributed by atoms with Crippen LogP contribution < -0.4 is 0 Å². The van der Waals surface area contributed by atoms with Crippen LogP contribution in [0.4, 0.5) is 0 Å². The molecule has 7 nitrogen and oxygen atoms in total. The van der Waals surface area contributed by atoms with E-state index in [9.17, 15) is 8.42 Å². The Labute approximate surface area is 165 Å². The van der Waals surface area contributed by atoms with Crippen LogP contribution in [0.1, 0.15) is 5.56 Å². The molecule has 0 bridgehead atoms. The number of aromatic nitrogens is 3. The predicted molar refractivity (Wildman–Crippen MR) is 105 cm³/mol. The van der Waals surface area contributed by atoms with Gasteiger partial charge in [0.1, 0.15) is 0 Å². The molecule has 142 valence electrons. The summed E-state index contributed by atoms with van der Waals surface area (Å²) >= 11 is 3.07. The molecule has 1 N–H and O–H groups in total. The van der Waals surface area contributed by atoms with Crippen molar-refractivity contribution in [3.63, 3.8) is 0 Å². The Morgan fingerprint density at radius 2 is 2.07 bits per heavy atom. The largest absolute Gasteiger partial charge is 0.379 e. The van der Waals surface area contributed by atoms with E-state index in [1.54, 1.807) is 29.5 Å². The molecule has 1 aliphatic rings. The zero-order valence-corrected chi connectivity index (χ0v) is 16.8. The monoisotopic (exact) mass is 422 g/mol. The Balaban J connectivity index is 1.45. The van der Waals surface area contributed by atoms with Gasteiger partial charge in [-0.2, -0.15) is 4.31 Å². The van der Waals surface area contributed by atoms with Crippen LogP contribution in [0.5, 0.6) is 0 Å². The van der Waals surface area contributed by atoms with Gasteiger partial charge in [-0.3, -0.25) is 5.10 Å². The molecular weight excluding hydrogens is 404 g/mol. The maximum Gasteiger partial charge on any atom is 0.243 e. The molecule has 1 aromatic carbocycles. The molecule has 0 atom stereocenters. The van der Waals surface area contributed by atoms with Gasteiger partial charge in [0.15, 0.2) is 5.82 Å². The maximum absolute atomic E-state index is 12.8. The molecule has 3 aromatic rings. The smallest absolute Gasteiger partial charge is 0.243 e. The van der Waals surface area contributed by atoms with E-state index in [-0.39, 0.29) is 0 Å². The summed E-state index contributed by atoms with van der Waals surface area (Å²) in [5.41, 5.74) is 0.914. The second kappa shape index (κ2) is 8.11. The number of rotatable bonds is 6. The molecular formula is C17H18N4O3S3. The van der Waals surface area contributed by atoms with Crippen molar-refractivity contribution in [1.29, 1.82) is 0 Å². The van der Waals surface area contributed by atoms with Gasteiger partial charge in [0.25, 0.3) is 0 Å². The molecule has 0 aliphatic carbocycles. The van der Waals surface area contributed by atoms with Gasteiger partial charge in [-0.1, -0.05) is 30.0 Å². The fourth-order valence-electron chi connectivity index (χ4n) is 2.71. The Morgan fingerprint density at radius 3 is 2.85 bits per heavy atom. The van der Waals surface area contributed by atoms with E-state index < -0.39 is 10.0 Å². The fraction of sp³-hybridized carbons (Fsp3) is 0.294. The minimum Gasteiger partial charge on any atom is -0.379 e. The average Bonchev–Trinajstić information content (AvgIpc) is 3.39. The van der Waals surface area contributed by atoms with E-state index in [0.29, 0.717) is 42.1 Å². The summed E-state index contributed by atoms with van der Waals surface area (Å²) in [6, 6.07) is 11.0. The zero-order valence-electron chi connectivity index (χ0n) is 14.4. The first kappa shape index (κ1) is 18.6. The van der Waals surface area contributed by atoms with Crippen LogP contribution in [0.25, 0.3) is 10.7 Å². The third kappa shape index (κ3) is 4.25. The second-order valence-electron chi connectivity index (χ2n) is 5.90. The van der Waals surface area contributed by atoms with Crippen molar-refractivity contribution >= 4 is 33.1 Å². The molecule has 3 heterocycles. The number of sulfonamides is 1. The maximum atomic E-state index is 12.8. The number of nitrogens with zero attached hydrogens (tertiary/aromatic N) is 3. The highest BCUT2D eigenvalue weighted by Crippen LogP contribution is 2.26. The molecule has 27 heavy (non-hydrogen) atoms. The average molecular weight is 423 g/mol. The summed E-state index contributed by atoms with van der Waals surface area (Å²) in [4.78, 5) is 5.83. The SMILES string of the molecule is O=S(=O)(c1cccc(CSc2n[nH]c(-c3cccs3)n2)c1)N1CCOCC1. The van der Waals surface area contributed by atoms with Gasteiger partial charge in [0.05, 0.1) is 23.0 Å². The second-order valence-corrected chi connectivity index (χ2v) is 9.72. The van der Waals surface area contributed by atoms with E-state index in [0.717, 1.165) is 16.3 Å². The summed E-state index contributed by atoms with van der Waals surface area (Å²) in [5, 5.41) is 9.79.